The number of methoxy groups -OCH3 is 1. The second-order valence-electron chi connectivity index (χ2n) is 4.56. The number of ether oxygens (including phenoxy) is 1. The van der Waals surface area contributed by atoms with Gasteiger partial charge in [-0.1, -0.05) is 0 Å². The second-order valence-corrected chi connectivity index (χ2v) is 4.83. The van der Waals surface area contributed by atoms with Crippen molar-refractivity contribution in [1.29, 1.82) is 0 Å². The lowest BCUT2D eigenvalue weighted by molar-refractivity contribution is 0.204. The highest BCUT2D eigenvalue weighted by molar-refractivity contribution is 6.17. The number of anilines is 1. The Morgan fingerprint density at radius 1 is 1.53 bits per heavy atom. The van der Waals surface area contributed by atoms with Gasteiger partial charge in [0.25, 0.3) is 0 Å². The predicted molar refractivity (Wildman–Crippen MR) is 69.7 cm³/mol. The number of hydrogen-bond donors (Lipinski definition) is 0. The van der Waals surface area contributed by atoms with Crippen LogP contribution in [0.5, 0.6) is 0 Å². The lowest BCUT2D eigenvalue weighted by Gasteiger charge is -2.25. The first-order valence-corrected chi connectivity index (χ1v) is 6.56. The summed E-state index contributed by atoms with van der Waals surface area (Å²) in [6.07, 6.45) is 2.52. The van der Waals surface area contributed by atoms with E-state index >= 15 is 0 Å². The van der Waals surface area contributed by atoms with Gasteiger partial charge in [-0.3, -0.25) is 4.68 Å². The zero-order valence-electron chi connectivity index (χ0n) is 10.7. The highest BCUT2D eigenvalue weighted by atomic mass is 35.5. The van der Waals surface area contributed by atoms with E-state index in [9.17, 15) is 0 Å². The molecule has 1 aliphatic carbocycles. The van der Waals surface area contributed by atoms with Gasteiger partial charge in [0.2, 0.25) is 0 Å². The Morgan fingerprint density at radius 2 is 2.24 bits per heavy atom. The molecule has 0 radical (unpaired) electrons. The van der Waals surface area contributed by atoms with Crippen LogP contribution >= 0.6 is 11.6 Å². The Labute approximate surface area is 107 Å². The molecule has 0 atom stereocenters. The molecule has 1 heterocycles. The van der Waals surface area contributed by atoms with Crippen LogP contribution in [0.2, 0.25) is 0 Å². The molecule has 0 spiro atoms. The highest BCUT2D eigenvalue weighted by Crippen LogP contribution is 2.34. The fraction of sp³-hybridized carbons (Fsp3) is 0.750. The molecule has 0 saturated heterocycles. The van der Waals surface area contributed by atoms with Crippen molar-refractivity contribution in [1.82, 2.24) is 9.78 Å². The van der Waals surface area contributed by atoms with Crippen molar-refractivity contribution < 1.29 is 4.74 Å². The summed E-state index contributed by atoms with van der Waals surface area (Å²) in [6.45, 7) is 3.66. The summed E-state index contributed by atoms with van der Waals surface area (Å²) in [6, 6.07) is 0.641. The number of halogens is 1. The standard InChI is InChI=1S/C12H20ClN3O/c1-9-11(8-13)12(15(2)14-9)16(6-7-17-3)10-4-5-10/h10H,4-8H2,1-3H3. The van der Waals surface area contributed by atoms with Gasteiger partial charge < -0.3 is 9.64 Å². The Hall–Kier alpha value is -0.740. The summed E-state index contributed by atoms with van der Waals surface area (Å²) in [5, 5.41) is 4.47. The Balaban J connectivity index is 2.27. The van der Waals surface area contributed by atoms with E-state index in [1.54, 1.807) is 7.11 Å². The number of hydrogen-bond acceptors (Lipinski definition) is 3. The van der Waals surface area contributed by atoms with Gasteiger partial charge in [-0.15, -0.1) is 11.6 Å². The fourth-order valence-corrected chi connectivity index (χ4v) is 2.56. The Kier molecular flexibility index (Phi) is 3.94. The van der Waals surface area contributed by atoms with Crippen LogP contribution < -0.4 is 4.90 Å². The highest BCUT2D eigenvalue weighted by Gasteiger charge is 2.32. The predicted octanol–water partition coefficient (Wildman–Crippen LogP) is 2.08. The van der Waals surface area contributed by atoms with E-state index in [4.69, 9.17) is 16.3 Å². The molecule has 0 bridgehead atoms. The number of aryl methyl sites for hydroxylation is 2. The summed E-state index contributed by atoms with van der Waals surface area (Å²) >= 11 is 6.04. The van der Waals surface area contributed by atoms with Gasteiger partial charge in [-0.2, -0.15) is 5.10 Å². The van der Waals surface area contributed by atoms with Crippen LogP contribution in [0.15, 0.2) is 0 Å². The van der Waals surface area contributed by atoms with E-state index in [1.165, 1.54) is 12.8 Å². The van der Waals surface area contributed by atoms with Gasteiger partial charge in [0.15, 0.2) is 0 Å². The third-order valence-corrected chi connectivity index (χ3v) is 3.51. The minimum absolute atomic E-state index is 0.519. The Morgan fingerprint density at radius 3 is 2.76 bits per heavy atom. The lowest BCUT2D eigenvalue weighted by Crippen LogP contribution is -2.31. The van der Waals surface area contributed by atoms with Crippen LogP contribution in [0.25, 0.3) is 0 Å². The van der Waals surface area contributed by atoms with Gasteiger partial charge >= 0.3 is 0 Å². The van der Waals surface area contributed by atoms with Crippen molar-refractivity contribution >= 4 is 17.4 Å². The first-order valence-electron chi connectivity index (χ1n) is 6.03. The molecular formula is C12H20ClN3O. The summed E-state index contributed by atoms with van der Waals surface area (Å²) < 4.78 is 7.13. The maximum Gasteiger partial charge on any atom is 0.131 e. The molecule has 1 aliphatic rings. The fourth-order valence-electron chi connectivity index (χ4n) is 2.24. The van der Waals surface area contributed by atoms with Crippen LogP contribution in [0, 0.1) is 6.92 Å². The van der Waals surface area contributed by atoms with Crippen LogP contribution in [-0.2, 0) is 17.7 Å². The zero-order chi connectivity index (χ0) is 12.4. The van der Waals surface area contributed by atoms with Gasteiger partial charge in [-0.05, 0) is 19.8 Å². The van der Waals surface area contributed by atoms with Crippen LogP contribution in [-0.4, -0.2) is 36.1 Å². The van der Waals surface area contributed by atoms with Crippen LogP contribution in [0.3, 0.4) is 0 Å². The van der Waals surface area contributed by atoms with Crippen molar-refractivity contribution in [3.05, 3.63) is 11.3 Å². The topological polar surface area (TPSA) is 30.3 Å². The van der Waals surface area contributed by atoms with E-state index in [0.29, 0.717) is 11.9 Å². The Bertz CT molecular complexity index is 387. The molecule has 1 aromatic heterocycles. The van der Waals surface area contributed by atoms with Crippen molar-refractivity contribution in [2.45, 2.75) is 31.7 Å². The van der Waals surface area contributed by atoms with Crippen molar-refractivity contribution in [3.8, 4) is 0 Å². The van der Waals surface area contributed by atoms with Crippen LogP contribution in [0.4, 0.5) is 5.82 Å². The monoisotopic (exact) mass is 257 g/mol. The maximum absolute atomic E-state index is 6.04. The number of alkyl halides is 1. The summed E-state index contributed by atoms with van der Waals surface area (Å²) in [7, 11) is 3.72. The van der Waals surface area contributed by atoms with E-state index in [1.807, 2.05) is 18.7 Å². The molecule has 96 valence electrons. The van der Waals surface area contributed by atoms with Crippen molar-refractivity contribution in [3.63, 3.8) is 0 Å². The average Bonchev–Trinajstić information content (AvgIpc) is 3.07. The first kappa shape index (κ1) is 12.7. The van der Waals surface area contributed by atoms with E-state index in [0.717, 1.165) is 30.2 Å². The number of nitrogens with zero attached hydrogens (tertiary/aromatic N) is 3. The normalized spacial score (nSPS) is 15.3. The summed E-state index contributed by atoms with van der Waals surface area (Å²) in [5.74, 6) is 1.68. The molecule has 5 heteroatoms. The van der Waals surface area contributed by atoms with E-state index in [-0.39, 0.29) is 0 Å². The summed E-state index contributed by atoms with van der Waals surface area (Å²) in [4.78, 5) is 2.39. The molecule has 1 saturated carbocycles. The van der Waals surface area contributed by atoms with Gasteiger partial charge in [0.05, 0.1) is 18.2 Å². The maximum atomic E-state index is 6.04. The minimum Gasteiger partial charge on any atom is -0.383 e. The molecule has 4 nitrogen and oxygen atoms in total. The smallest absolute Gasteiger partial charge is 0.131 e. The van der Waals surface area contributed by atoms with E-state index in [2.05, 4.69) is 10.00 Å². The average molecular weight is 258 g/mol. The minimum atomic E-state index is 0.519. The molecule has 1 fully saturated rings. The zero-order valence-corrected chi connectivity index (χ0v) is 11.5. The molecule has 0 aromatic carbocycles. The molecule has 1 aromatic rings. The molecule has 0 unspecified atom stereocenters. The van der Waals surface area contributed by atoms with Crippen molar-refractivity contribution in [2.75, 3.05) is 25.2 Å². The summed E-state index contributed by atoms with van der Waals surface area (Å²) in [5.41, 5.74) is 2.18. The third-order valence-electron chi connectivity index (χ3n) is 3.24. The molecular weight excluding hydrogens is 238 g/mol. The lowest BCUT2D eigenvalue weighted by atomic mass is 10.2. The van der Waals surface area contributed by atoms with Gasteiger partial charge in [0.1, 0.15) is 5.82 Å². The number of rotatable bonds is 6. The molecule has 0 aliphatic heterocycles. The molecule has 17 heavy (non-hydrogen) atoms. The SMILES string of the molecule is COCCN(c1c(CCl)c(C)nn1C)C1CC1. The first-order chi connectivity index (χ1) is 8.19. The quantitative estimate of drug-likeness (QED) is 0.731. The third kappa shape index (κ3) is 2.58. The van der Waals surface area contributed by atoms with Gasteiger partial charge in [-0.25, -0.2) is 0 Å². The van der Waals surface area contributed by atoms with E-state index < -0.39 is 0 Å². The second kappa shape index (κ2) is 5.27. The van der Waals surface area contributed by atoms with Gasteiger partial charge in [0, 0.05) is 32.3 Å². The molecule has 0 amide bonds. The molecule has 2 rings (SSSR count). The van der Waals surface area contributed by atoms with Crippen molar-refractivity contribution in [2.24, 2.45) is 7.05 Å². The number of aromatic nitrogens is 2. The largest absolute Gasteiger partial charge is 0.383 e. The molecule has 0 N–H and O–H groups in total. The van der Waals surface area contributed by atoms with Crippen LogP contribution in [0.1, 0.15) is 24.1 Å².